The SMILES string of the molecule is CC(=O)CC(=O)OC[C@H]1O[C@@H](n2ccc(=O)[nH]c2=O)[C@H](OC(C)=O)[C@H]1OC=O. The number of hydrogen-bond acceptors (Lipinski definition) is 10. The van der Waals surface area contributed by atoms with Crippen LogP contribution in [0.3, 0.4) is 0 Å². The number of ketones is 1. The monoisotopic (exact) mass is 398 g/mol. The summed E-state index contributed by atoms with van der Waals surface area (Å²) in [5.41, 5.74) is -1.51. The van der Waals surface area contributed by atoms with Crippen LogP contribution in [-0.4, -0.2) is 58.7 Å². The highest BCUT2D eigenvalue weighted by atomic mass is 16.7. The van der Waals surface area contributed by atoms with E-state index in [-0.39, 0.29) is 6.47 Å². The van der Waals surface area contributed by atoms with Gasteiger partial charge in [-0.25, -0.2) is 4.79 Å². The van der Waals surface area contributed by atoms with Crippen LogP contribution < -0.4 is 11.2 Å². The van der Waals surface area contributed by atoms with Crippen LogP contribution in [0.25, 0.3) is 0 Å². The number of nitrogens with zero attached hydrogens (tertiary/aromatic N) is 1. The van der Waals surface area contributed by atoms with Crippen LogP contribution >= 0.6 is 0 Å². The molecule has 28 heavy (non-hydrogen) atoms. The van der Waals surface area contributed by atoms with Crippen LogP contribution in [0.15, 0.2) is 21.9 Å². The Bertz CT molecular complexity index is 873. The first-order valence-electron chi connectivity index (χ1n) is 8.11. The number of Topliss-reactive ketones (excluding diaryl/α,β-unsaturated/α-hetero) is 1. The van der Waals surface area contributed by atoms with Crippen molar-refractivity contribution >= 4 is 24.2 Å². The molecule has 0 aliphatic carbocycles. The Kier molecular flexibility index (Phi) is 6.82. The summed E-state index contributed by atoms with van der Waals surface area (Å²) in [7, 11) is 0. The number of hydrogen-bond donors (Lipinski definition) is 1. The van der Waals surface area contributed by atoms with Crippen LogP contribution in [0.4, 0.5) is 0 Å². The van der Waals surface area contributed by atoms with Crippen molar-refractivity contribution in [3.8, 4) is 0 Å². The summed E-state index contributed by atoms with van der Waals surface area (Å²) in [6, 6.07) is 1.05. The van der Waals surface area contributed by atoms with E-state index in [0.29, 0.717) is 0 Å². The first-order valence-corrected chi connectivity index (χ1v) is 8.11. The average molecular weight is 398 g/mol. The van der Waals surface area contributed by atoms with E-state index in [9.17, 15) is 28.8 Å². The van der Waals surface area contributed by atoms with E-state index in [2.05, 4.69) is 0 Å². The molecule has 0 radical (unpaired) electrons. The lowest BCUT2D eigenvalue weighted by Gasteiger charge is -2.22. The molecule has 0 spiro atoms. The van der Waals surface area contributed by atoms with E-state index in [0.717, 1.165) is 23.8 Å². The molecule has 2 rings (SSSR count). The maximum absolute atomic E-state index is 12.1. The van der Waals surface area contributed by atoms with E-state index >= 15 is 0 Å². The van der Waals surface area contributed by atoms with Gasteiger partial charge < -0.3 is 18.9 Å². The number of H-pyrrole nitrogens is 1. The molecule has 0 bridgehead atoms. The Morgan fingerprint density at radius 2 is 1.96 bits per heavy atom. The summed E-state index contributed by atoms with van der Waals surface area (Å²) in [6.07, 6.45) is -4.19. The van der Waals surface area contributed by atoms with Crippen LogP contribution in [0.1, 0.15) is 26.5 Å². The van der Waals surface area contributed by atoms with Gasteiger partial charge in [-0.15, -0.1) is 0 Å². The van der Waals surface area contributed by atoms with Gasteiger partial charge in [0.05, 0.1) is 0 Å². The van der Waals surface area contributed by atoms with Gasteiger partial charge in [-0.2, -0.15) is 0 Å². The minimum Gasteiger partial charge on any atom is -0.462 e. The molecule has 1 aromatic rings. The van der Waals surface area contributed by atoms with E-state index in [4.69, 9.17) is 18.9 Å². The Hall–Kier alpha value is -3.28. The van der Waals surface area contributed by atoms with Gasteiger partial charge in [0.1, 0.15) is 24.9 Å². The van der Waals surface area contributed by atoms with Crippen LogP contribution in [0, 0.1) is 0 Å². The number of rotatable bonds is 8. The predicted molar refractivity (Wildman–Crippen MR) is 88.0 cm³/mol. The number of ether oxygens (including phenoxy) is 4. The Balaban J connectivity index is 2.30. The predicted octanol–water partition coefficient (Wildman–Crippen LogP) is -1.57. The maximum Gasteiger partial charge on any atom is 0.330 e. The molecule has 0 aromatic carbocycles. The zero-order valence-electron chi connectivity index (χ0n) is 15.0. The summed E-state index contributed by atoms with van der Waals surface area (Å²) in [5.74, 6) is -1.98. The molecule has 12 nitrogen and oxygen atoms in total. The van der Waals surface area contributed by atoms with Crippen LogP contribution in [0.5, 0.6) is 0 Å². The minimum absolute atomic E-state index is 0.0902. The van der Waals surface area contributed by atoms with Crippen molar-refractivity contribution in [3.63, 3.8) is 0 Å². The molecular weight excluding hydrogens is 380 g/mol. The Morgan fingerprint density at radius 3 is 2.54 bits per heavy atom. The number of nitrogens with one attached hydrogen (secondary N) is 1. The summed E-state index contributed by atoms with van der Waals surface area (Å²) in [5, 5.41) is 0. The van der Waals surface area contributed by atoms with Gasteiger partial charge in [-0.1, -0.05) is 0 Å². The lowest BCUT2D eigenvalue weighted by molar-refractivity contribution is -0.161. The fourth-order valence-corrected chi connectivity index (χ4v) is 2.67. The summed E-state index contributed by atoms with van der Waals surface area (Å²) in [6.45, 7) is 1.97. The molecule has 1 aliphatic rings. The normalized spacial score (nSPS) is 23.6. The topological polar surface area (TPSA) is 160 Å². The molecular formula is C16H18N2O10. The lowest BCUT2D eigenvalue weighted by Crippen LogP contribution is -2.41. The lowest BCUT2D eigenvalue weighted by atomic mass is 10.1. The third-order valence-corrected chi connectivity index (χ3v) is 3.73. The van der Waals surface area contributed by atoms with E-state index in [1.807, 2.05) is 4.98 Å². The van der Waals surface area contributed by atoms with Gasteiger partial charge in [0.25, 0.3) is 12.0 Å². The van der Waals surface area contributed by atoms with Gasteiger partial charge in [0.15, 0.2) is 18.4 Å². The van der Waals surface area contributed by atoms with Crippen molar-refractivity contribution in [2.24, 2.45) is 0 Å². The van der Waals surface area contributed by atoms with E-state index in [1.54, 1.807) is 0 Å². The van der Waals surface area contributed by atoms with Crippen molar-refractivity contribution in [1.29, 1.82) is 0 Å². The number of esters is 2. The second-order valence-electron chi connectivity index (χ2n) is 5.92. The zero-order chi connectivity index (χ0) is 20.8. The Morgan fingerprint density at radius 1 is 1.25 bits per heavy atom. The standard InChI is InChI=1S/C16H18N2O10/c1-8(20)5-12(23)25-6-10-13(26-7-19)14(27-9(2)21)15(28-10)18-4-3-11(22)17-16(18)24/h3-4,7,10,13-15H,5-6H2,1-2H3,(H,17,22,24)/t10-,13+,14-,15-/m1/s1. The number of carbonyl (C=O) groups excluding carboxylic acids is 4. The molecule has 1 fully saturated rings. The largest absolute Gasteiger partial charge is 0.462 e. The quantitative estimate of drug-likeness (QED) is 0.234. The molecule has 1 N–H and O–H groups in total. The summed E-state index contributed by atoms with van der Waals surface area (Å²) >= 11 is 0. The van der Waals surface area contributed by atoms with Gasteiger partial charge in [0.2, 0.25) is 0 Å². The third-order valence-electron chi connectivity index (χ3n) is 3.73. The number of carbonyl (C=O) groups is 4. The first-order chi connectivity index (χ1) is 13.2. The van der Waals surface area contributed by atoms with Gasteiger partial charge in [-0.3, -0.25) is 33.5 Å². The molecule has 4 atom stereocenters. The molecule has 1 aromatic heterocycles. The highest BCUT2D eigenvalue weighted by molar-refractivity contribution is 5.94. The summed E-state index contributed by atoms with van der Waals surface area (Å²) in [4.78, 5) is 70.3. The average Bonchev–Trinajstić information content (AvgIpc) is 2.90. The van der Waals surface area contributed by atoms with Crippen LogP contribution in [0.2, 0.25) is 0 Å². The van der Waals surface area contributed by atoms with Gasteiger partial charge in [0, 0.05) is 19.2 Å². The first kappa shape index (κ1) is 21.0. The third kappa shape index (κ3) is 5.13. The molecule has 2 heterocycles. The van der Waals surface area contributed by atoms with E-state index < -0.39 is 66.5 Å². The zero-order valence-corrected chi connectivity index (χ0v) is 15.0. The second-order valence-corrected chi connectivity index (χ2v) is 5.92. The molecule has 0 saturated carbocycles. The molecule has 12 heteroatoms. The fourth-order valence-electron chi connectivity index (χ4n) is 2.67. The van der Waals surface area contributed by atoms with Crippen LogP contribution in [-0.2, 0) is 38.1 Å². The van der Waals surface area contributed by atoms with Crippen molar-refractivity contribution < 1.29 is 38.1 Å². The smallest absolute Gasteiger partial charge is 0.330 e. The molecule has 1 saturated heterocycles. The van der Waals surface area contributed by atoms with Crippen molar-refractivity contribution in [3.05, 3.63) is 33.1 Å². The number of aromatic nitrogens is 2. The molecule has 152 valence electrons. The van der Waals surface area contributed by atoms with Crippen molar-refractivity contribution in [2.45, 2.75) is 44.8 Å². The minimum atomic E-state index is -1.27. The van der Waals surface area contributed by atoms with Crippen molar-refractivity contribution in [2.75, 3.05) is 6.61 Å². The van der Waals surface area contributed by atoms with Gasteiger partial charge >= 0.3 is 17.6 Å². The second kappa shape index (κ2) is 9.08. The molecule has 0 unspecified atom stereocenters. The van der Waals surface area contributed by atoms with Gasteiger partial charge in [-0.05, 0) is 6.92 Å². The molecule has 0 amide bonds. The number of aromatic amines is 1. The fraction of sp³-hybridized carbons (Fsp3) is 0.500. The Labute approximate surface area is 157 Å². The summed E-state index contributed by atoms with van der Waals surface area (Å²) < 4.78 is 21.6. The van der Waals surface area contributed by atoms with E-state index in [1.165, 1.54) is 6.92 Å². The highest BCUT2D eigenvalue weighted by Gasteiger charge is 2.50. The van der Waals surface area contributed by atoms with Crippen molar-refractivity contribution in [1.82, 2.24) is 9.55 Å². The molecule has 1 aliphatic heterocycles. The highest BCUT2D eigenvalue weighted by Crippen LogP contribution is 2.33. The maximum atomic E-state index is 12.1.